The minimum absolute atomic E-state index is 0.502. The van der Waals surface area contributed by atoms with Gasteiger partial charge in [0.25, 0.3) is 0 Å². The third-order valence-electron chi connectivity index (χ3n) is 2.21. The Balaban J connectivity index is 2.62. The second-order valence-electron chi connectivity index (χ2n) is 3.31. The maximum atomic E-state index is 5.75. The molecule has 0 fully saturated rings. The van der Waals surface area contributed by atoms with Crippen LogP contribution >= 0.6 is 11.6 Å². The molecule has 0 aliphatic carbocycles. The van der Waals surface area contributed by atoms with E-state index < -0.39 is 0 Å². The summed E-state index contributed by atoms with van der Waals surface area (Å²) < 4.78 is 10.1. The fourth-order valence-electron chi connectivity index (χ4n) is 1.33. The normalized spacial score (nSPS) is 10.4. The van der Waals surface area contributed by atoms with E-state index in [9.17, 15) is 0 Å². The van der Waals surface area contributed by atoms with E-state index in [0.717, 1.165) is 18.8 Å². The minimum Gasteiger partial charge on any atom is -0.383 e. The fraction of sp³-hybridized carbons (Fsp3) is 0.545. The van der Waals surface area contributed by atoms with Gasteiger partial charge in [0.2, 0.25) is 0 Å². The molecule has 0 saturated heterocycles. The molecule has 16 heavy (non-hydrogen) atoms. The molecule has 0 bridgehead atoms. The molecule has 5 heteroatoms. The van der Waals surface area contributed by atoms with Gasteiger partial charge in [-0.2, -0.15) is 0 Å². The van der Waals surface area contributed by atoms with Crippen LogP contribution in [0.1, 0.15) is 0 Å². The second kappa shape index (κ2) is 7.44. The lowest BCUT2D eigenvalue weighted by Gasteiger charge is -2.23. The van der Waals surface area contributed by atoms with Gasteiger partial charge in [-0.15, -0.1) is 0 Å². The van der Waals surface area contributed by atoms with E-state index in [2.05, 4.69) is 9.88 Å². The summed E-state index contributed by atoms with van der Waals surface area (Å²) in [6.07, 6.45) is 1.76. The maximum absolute atomic E-state index is 5.75. The monoisotopic (exact) mass is 244 g/mol. The summed E-state index contributed by atoms with van der Waals surface area (Å²) in [5.41, 5.74) is 1.03. The van der Waals surface area contributed by atoms with Crippen LogP contribution in [0, 0.1) is 0 Å². The summed E-state index contributed by atoms with van der Waals surface area (Å²) in [5.74, 6) is 0. The first kappa shape index (κ1) is 13.2. The van der Waals surface area contributed by atoms with E-state index in [1.54, 1.807) is 26.5 Å². The number of anilines is 1. The Kier molecular flexibility index (Phi) is 6.15. The Morgan fingerprint density at radius 1 is 1.19 bits per heavy atom. The van der Waals surface area contributed by atoms with E-state index in [-0.39, 0.29) is 0 Å². The largest absolute Gasteiger partial charge is 0.383 e. The molecule has 0 aliphatic rings. The first-order chi connectivity index (χ1) is 7.77. The zero-order valence-electron chi connectivity index (χ0n) is 9.65. The molecule has 0 aliphatic heterocycles. The SMILES string of the molecule is COCCN(CCOC)c1ccc(Cl)nc1. The van der Waals surface area contributed by atoms with E-state index in [4.69, 9.17) is 21.1 Å². The van der Waals surface area contributed by atoms with Gasteiger partial charge >= 0.3 is 0 Å². The molecule has 0 radical (unpaired) electrons. The Bertz CT molecular complexity index is 285. The van der Waals surface area contributed by atoms with Crippen LogP contribution in [0.25, 0.3) is 0 Å². The molecule has 1 heterocycles. The predicted octanol–water partition coefficient (Wildman–Crippen LogP) is 1.83. The van der Waals surface area contributed by atoms with Crippen molar-refractivity contribution in [1.29, 1.82) is 0 Å². The summed E-state index contributed by atoms with van der Waals surface area (Å²) in [4.78, 5) is 6.21. The molecule has 0 atom stereocenters. The molecule has 0 amide bonds. The summed E-state index contributed by atoms with van der Waals surface area (Å²) in [7, 11) is 3.38. The number of hydrogen-bond donors (Lipinski definition) is 0. The molecule has 1 aromatic rings. The predicted molar refractivity (Wildman–Crippen MR) is 65.2 cm³/mol. The summed E-state index contributed by atoms with van der Waals surface area (Å²) >= 11 is 5.75. The number of nitrogens with zero attached hydrogens (tertiary/aromatic N) is 2. The molecule has 0 spiro atoms. The highest BCUT2D eigenvalue weighted by atomic mass is 35.5. The van der Waals surface area contributed by atoms with Gasteiger partial charge in [0, 0.05) is 27.3 Å². The van der Waals surface area contributed by atoms with Crippen LogP contribution in [0.5, 0.6) is 0 Å². The molecule has 0 unspecified atom stereocenters. The minimum atomic E-state index is 0.502. The van der Waals surface area contributed by atoms with Gasteiger partial charge in [-0.25, -0.2) is 4.98 Å². The third-order valence-corrected chi connectivity index (χ3v) is 2.43. The Morgan fingerprint density at radius 2 is 1.81 bits per heavy atom. The van der Waals surface area contributed by atoms with Crippen molar-refractivity contribution < 1.29 is 9.47 Å². The average molecular weight is 245 g/mol. The Hall–Kier alpha value is -0.840. The van der Waals surface area contributed by atoms with Crippen molar-refractivity contribution in [2.24, 2.45) is 0 Å². The van der Waals surface area contributed by atoms with Gasteiger partial charge in [0.05, 0.1) is 25.1 Å². The zero-order chi connectivity index (χ0) is 11.8. The van der Waals surface area contributed by atoms with Gasteiger partial charge in [-0.3, -0.25) is 0 Å². The van der Waals surface area contributed by atoms with E-state index in [1.807, 2.05) is 6.07 Å². The number of ether oxygens (including phenoxy) is 2. The topological polar surface area (TPSA) is 34.6 Å². The molecule has 1 rings (SSSR count). The van der Waals surface area contributed by atoms with Gasteiger partial charge in [-0.05, 0) is 12.1 Å². The summed E-state index contributed by atoms with van der Waals surface area (Å²) in [6.45, 7) is 2.96. The number of rotatable bonds is 7. The molecule has 0 saturated carbocycles. The van der Waals surface area contributed by atoms with Crippen molar-refractivity contribution in [3.63, 3.8) is 0 Å². The zero-order valence-corrected chi connectivity index (χ0v) is 10.4. The number of methoxy groups -OCH3 is 2. The highest BCUT2D eigenvalue weighted by Crippen LogP contribution is 2.14. The van der Waals surface area contributed by atoms with Crippen molar-refractivity contribution in [2.45, 2.75) is 0 Å². The van der Waals surface area contributed by atoms with Crippen molar-refractivity contribution in [3.05, 3.63) is 23.5 Å². The first-order valence-corrected chi connectivity index (χ1v) is 5.50. The van der Waals surface area contributed by atoms with E-state index >= 15 is 0 Å². The van der Waals surface area contributed by atoms with Crippen LogP contribution in [-0.2, 0) is 9.47 Å². The van der Waals surface area contributed by atoms with E-state index in [0.29, 0.717) is 18.4 Å². The number of halogens is 1. The quantitative estimate of drug-likeness (QED) is 0.686. The average Bonchev–Trinajstić information content (AvgIpc) is 2.31. The van der Waals surface area contributed by atoms with Crippen molar-refractivity contribution in [1.82, 2.24) is 4.98 Å². The van der Waals surface area contributed by atoms with Crippen molar-refractivity contribution in [3.8, 4) is 0 Å². The standard InChI is InChI=1S/C11H17ClN2O2/c1-15-7-5-14(6-8-16-2)10-3-4-11(12)13-9-10/h3-4,9H,5-8H2,1-2H3. The number of hydrogen-bond acceptors (Lipinski definition) is 4. The highest BCUT2D eigenvalue weighted by molar-refractivity contribution is 6.29. The lowest BCUT2D eigenvalue weighted by atomic mass is 10.3. The van der Waals surface area contributed by atoms with Gasteiger partial charge < -0.3 is 14.4 Å². The molecular formula is C11H17ClN2O2. The van der Waals surface area contributed by atoms with Gasteiger partial charge in [-0.1, -0.05) is 11.6 Å². The second-order valence-corrected chi connectivity index (χ2v) is 3.70. The molecule has 0 aromatic carbocycles. The molecule has 4 nitrogen and oxygen atoms in total. The van der Waals surface area contributed by atoms with Crippen molar-refractivity contribution in [2.75, 3.05) is 45.4 Å². The third kappa shape index (κ3) is 4.35. The van der Waals surface area contributed by atoms with Crippen LogP contribution < -0.4 is 4.90 Å². The Labute approximate surface area is 101 Å². The van der Waals surface area contributed by atoms with Gasteiger partial charge in [0.1, 0.15) is 5.15 Å². The number of pyridine rings is 1. The van der Waals surface area contributed by atoms with Crippen LogP contribution in [0.2, 0.25) is 5.15 Å². The molecule has 1 aromatic heterocycles. The molecular weight excluding hydrogens is 228 g/mol. The smallest absolute Gasteiger partial charge is 0.129 e. The molecule has 90 valence electrons. The molecule has 0 N–H and O–H groups in total. The van der Waals surface area contributed by atoms with Crippen LogP contribution in [0.15, 0.2) is 18.3 Å². The maximum Gasteiger partial charge on any atom is 0.129 e. The van der Waals surface area contributed by atoms with Gasteiger partial charge in [0.15, 0.2) is 0 Å². The van der Waals surface area contributed by atoms with Crippen molar-refractivity contribution >= 4 is 17.3 Å². The lowest BCUT2D eigenvalue weighted by molar-refractivity contribution is 0.190. The number of aromatic nitrogens is 1. The lowest BCUT2D eigenvalue weighted by Crippen LogP contribution is -2.30. The van der Waals surface area contributed by atoms with Crippen LogP contribution in [0.4, 0.5) is 5.69 Å². The summed E-state index contributed by atoms with van der Waals surface area (Å²) in [6, 6.07) is 3.73. The highest BCUT2D eigenvalue weighted by Gasteiger charge is 2.06. The van der Waals surface area contributed by atoms with E-state index in [1.165, 1.54) is 0 Å². The van der Waals surface area contributed by atoms with Crippen LogP contribution in [0.3, 0.4) is 0 Å². The van der Waals surface area contributed by atoms with Crippen LogP contribution in [-0.4, -0.2) is 45.5 Å². The summed E-state index contributed by atoms with van der Waals surface area (Å²) in [5, 5.41) is 0.502. The fourth-order valence-corrected chi connectivity index (χ4v) is 1.44. The first-order valence-electron chi connectivity index (χ1n) is 5.12. The Morgan fingerprint density at radius 3 is 2.25 bits per heavy atom.